The van der Waals surface area contributed by atoms with Crippen LogP contribution in [0.15, 0.2) is 18.5 Å². The first kappa shape index (κ1) is 14.7. The fourth-order valence-electron chi connectivity index (χ4n) is 2.22. The molecule has 0 aromatic carbocycles. The van der Waals surface area contributed by atoms with E-state index in [4.69, 9.17) is 10.5 Å². The number of ether oxygens (including phenoxy) is 1. The van der Waals surface area contributed by atoms with Crippen molar-refractivity contribution < 1.29 is 4.74 Å². The summed E-state index contributed by atoms with van der Waals surface area (Å²) in [6.45, 7) is 0.777. The third-order valence-corrected chi connectivity index (χ3v) is 3.30. The summed E-state index contributed by atoms with van der Waals surface area (Å²) < 4.78 is 5.64. The number of rotatable bonds is 2. The summed E-state index contributed by atoms with van der Waals surface area (Å²) in [5.74, 6) is 0.745. The van der Waals surface area contributed by atoms with E-state index in [1.807, 2.05) is 12.4 Å². The molecular weight excluding hydrogens is 259 g/mol. The summed E-state index contributed by atoms with van der Waals surface area (Å²) in [6.07, 6.45) is 7.50. The van der Waals surface area contributed by atoms with E-state index >= 15 is 0 Å². The number of pyridine rings is 1. The summed E-state index contributed by atoms with van der Waals surface area (Å²) >= 11 is 0. The summed E-state index contributed by atoms with van der Waals surface area (Å²) in [5.41, 5.74) is 8.51. The molecule has 0 bridgehead atoms. The monoisotopic (exact) mass is 276 g/mol. The van der Waals surface area contributed by atoms with Gasteiger partial charge in [0.25, 0.3) is 0 Å². The lowest BCUT2D eigenvalue weighted by molar-refractivity contribution is 0.105. The molecule has 0 radical (unpaired) electrons. The molecule has 0 amide bonds. The molecule has 1 aliphatic heterocycles. The number of aromatic nitrogens is 1. The molecule has 1 aliphatic carbocycles. The molecule has 2 N–H and O–H groups in total. The minimum atomic E-state index is 0. The number of nitrogens with two attached hydrogens (primary N) is 1. The second kappa shape index (κ2) is 6.01. The Morgan fingerprint density at radius 2 is 1.82 bits per heavy atom. The van der Waals surface area contributed by atoms with Crippen LogP contribution in [-0.2, 0) is 4.74 Å². The second-order valence-corrected chi connectivity index (χ2v) is 4.57. The molecule has 2 atom stereocenters. The molecule has 1 saturated carbocycles. The fraction of sp³-hybridized carbons (Fsp3) is 0.583. The third kappa shape index (κ3) is 3.10. The average Bonchev–Trinajstić information content (AvgIpc) is 3.02. The highest BCUT2D eigenvalue weighted by Crippen LogP contribution is 2.40. The number of hydrogen-bond donors (Lipinski definition) is 1. The summed E-state index contributed by atoms with van der Waals surface area (Å²) in [7, 11) is 0. The van der Waals surface area contributed by atoms with Crippen LogP contribution >= 0.6 is 24.8 Å². The predicted octanol–water partition coefficient (Wildman–Crippen LogP) is 2.59. The Kier molecular flexibility index (Phi) is 5.20. The number of halogens is 2. The van der Waals surface area contributed by atoms with Gasteiger partial charge in [-0.15, -0.1) is 24.8 Å². The van der Waals surface area contributed by atoms with Crippen molar-refractivity contribution in [3.63, 3.8) is 0 Å². The minimum absolute atomic E-state index is 0. The lowest BCUT2D eigenvalue weighted by atomic mass is 10.0. The molecule has 17 heavy (non-hydrogen) atoms. The number of nitrogens with zero attached hydrogens (tertiary/aromatic N) is 1. The first-order valence-electron chi connectivity index (χ1n) is 5.66. The maximum Gasteiger partial charge on any atom is 0.0991 e. The van der Waals surface area contributed by atoms with Gasteiger partial charge in [0, 0.05) is 30.6 Å². The molecule has 1 aromatic rings. The van der Waals surface area contributed by atoms with E-state index in [9.17, 15) is 0 Å². The van der Waals surface area contributed by atoms with Crippen molar-refractivity contribution >= 4 is 24.8 Å². The van der Waals surface area contributed by atoms with Gasteiger partial charge in [-0.25, -0.2) is 0 Å². The van der Waals surface area contributed by atoms with E-state index in [0.717, 1.165) is 24.5 Å². The zero-order valence-electron chi connectivity index (χ0n) is 9.54. The summed E-state index contributed by atoms with van der Waals surface area (Å²) in [6, 6.07) is 2.36. The van der Waals surface area contributed by atoms with Crippen LogP contribution in [0.25, 0.3) is 0 Å². The summed E-state index contributed by atoms with van der Waals surface area (Å²) in [4.78, 5) is 4.29. The standard InChI is InChI=1S/C12H16N2O.2ClH/c13-11-3-4-15-12(11)10-5-9(6-14-7-10)8-1-2-8;;/h5-8,11-12H,1-4,13H2;2*1H/t11-,12+;;/m1../s1. The zero-order chi connectivity index (χ0) is 10.3. The average molecular weight is 277 g/mol. The molecule has 5 heteroatoms. The molecule has 2 aliphatic rings. The van der Waals surface area contributed by atoms with Crippen molar-refractivity contribution in [2.45, 2.75) is 37.3 Å². The Balaban J connectivity index is 0.000000722. The van der Waals surface area contributed by atoms with Crippen molar-refractivity contribution in [1.29, 1.82) is 0 Å². The van der Waals surface area contributed by atoms with E-state index in [0.29, 0.717) is 0 Å². The maximum absolute atomic E-state index is 6.00. The molecule has 0 unspecified atom stereocenters. The van der Waals surface area contributed by atoms with Crippen molar-refractivity contribution in [3.05, 3.63) is 29.6 Å². The largest absolute Gasteiger partial charge is 0.372 e. The fourth-order valence-corrected chi connectivity index (χ4v) is 2.22. The van der Waals surface area contributed by atoms with Crippen molar-refractivity contribution in [1.82, 2.24) is 4.98 Å². The third-order valence-electron chi connectivity index (χ3n) is 3.30. The van der Waals surface area contributed by atoms with Crippen molar-refractivity contribution in [2.75, 3.05) is 6.61 Å². The second-order valence-electron chi connectivity index (χ2n) is 4.57. The van der Waals surface area contributed by atoms with Gasteiger partial charge >= 0.3 is 0 Å². The Hall–Kier alpha value is -0.350. The van der Waals surface area contributed by atoms with Crippen LogP contribution in [0.5, 0.6) is 0 Å². The van der Waals surface area contributed by atoms with Crippen LogP contribution < -0.4 is 5.73 Å². The van der Waals surface area contributed by atoms with Crippen LogP contribution in [0.4, 0.5) is 0 Å². The first-order valence-corrected chi connectivity index (χ1v) is 5.66. The molecule has 3 nitrogen and oxygen atoms in total. The van der Waals surface area contributed by atoms with Crippen LogP contribution in [-0.4, -0.2) is 17.6 Å². The van der Waals surface area contributed by atoms with Crippen LogP contribution in [0.1, 0.15) is 42.4 Å². The van der Waals surface area contributed by atoms with Gasteiger partial charge < -0.3 is 10.5 Å². The highest BCUT2D eigenvalue weighted by Gasteiger charge is 2.29. The van der Waals surface area contributed by atoms with Crippen molar-refractivity contribution in [3.8, 4) is 0 Å². The topological polar surface area (TPSA) is 48.1 Å². The van der Waals surface area contributed by atoms with Gasteiger partial charge in [-0.2, -0.15) is 0 Å². The smallest absolute Gasteiger partial charge is 0.0991 e. The van der Waals surface area contributed by atoms with Gasteiger partial charge in [-0.05, 0) is 36.8 Å². The Labute approximate surface area is 114 Å². The molecule has 2 fully saturated rings. The molecule has 1 aromatic heterocycles. The van der Waals surface area contributed by atoms with E-state index in [2.05, 4.69) is 11.1 Å². The number of hydrogen-bond acceptors (Lipinski definition) is 3. The predicted molar refractivity (Wildman–Crippen MR) is 72.0 cm³/mol. The molecule has 2 heterocycles. The SMILES string of the molecule is Cl.Cl.N[C@@H]1CCO[C@H]1c1cncc(C2CC2)c1. The van der Waals surface area contributed by atoms with Gasteiger partial charge in [-0.1, -0.05) is 0 Å². The van der Waals surface area contributed by atoms with Gasteiger partial charge in [0.15, 0.2) is 0 Å². The lowest BCUT2D eigenvalue weighted by Gasteiger charge is -2.15. The van der Waals surface area contributed by atoms with E-state index in [-0.39, 0.29) is 37.0 Å². The molecule has 96 valence electrons. The quantitative estimate of drug-likeness (QED) is 0.903. The van der Waals surface area contributed by atoms with Crippen LogP contribution in [0.2, 0.25) is 0 Å². The van der Waals surface area contributed by atoms with E-state index in [1.54, 1.807) is 0 Å². The van der Waals surface area contributed by atoms with Gasteiger partial charge in [-0.3, -0.25) is 4.98 Å². The highest BCUT2D eigenvalue weighted by molar-refractivity contribution is 5.85. The van der Waals surface area contributed by atoms with E-state index in [1.165, 1.54) is 18.4 Å². The molecule has 3 rings (SSSR count). The van der Waals surface area contributed by atoms with Gasteiger partial charge in [0.2, 0.25) is 0 Å². The van der Waals surface area contributed by atoms with Gasteiger partial charge in [0.05, 0.1) is 6.10 Å². The lowest BCUT2D eigenvalue weighted by Crippen LogP contribution is -2.23. The maximum atomic E-state index is 6.00. The Morgan fingerprint density at radius 3 is 2.41 bits per heavy atom. The van der Waals surface area contributed by atoms with Crippen molar-refractivity contribution in [2.24, 2.45) is 5.73 Å². The molecular formula is C12H18Cl2N2O. The van der Waals surface area contributed by atoms with Gasteiger partial charge in [0.1, 0.15) is 0 Å². The first-order chi connectivity index (χ1) is 7.34. The summed E-state index contributed by atoms with van der Waals surface area (Å²) in [5, 5.41) is 0. The van der Waals surface area contributed by atoms with Crippen LogP contribution in [0.3, 0.4) is 0 Å². The zero-order valence-corrected chi connectivity index (χ0v) is 11.2. The minimum Gasteiger partial charge on any atom is -0.372 e. The molecule has 1 saturated heterocycles. The Bertz CT molecular complexity index is 371. The van der Waals surface area contributed by atoms with Crippen LogP contribution in [0, 0.1) is 0 Å². The molecule has 0 spiro atoms. The normalized spacial score (nSPS) is 27.1. The highest BCUT2D eigenvalue weighted by atomic mass is 35.5. The Morgan fingerprint density at radius 1 is 1.12 bits per heavy atom. The van der Waals surface area contributed by atoms with E-state index < -0.39 is 0 Å².